The number of dihydropyridines is 1. The Kier molecular flexibility index (Phi) is 5.95. The zero-order valence-electron chi connectivity index (χ0n) is 18.5. The van der Waals surface area contributed by atoms with Gasteiger partial charge in [-0.2, -0.15) is 13.2 Å². The molecule has 176 valence electrons. The molecule has 0 unspecified atom stereocenters. The molecule has 34 heavy (non-hydrogen) atoms. The Morgan fingerprint density at radius 1 is 1.03 bits per heavy atom. The number of nitrogens with one attached hydrogen (secondary N) is 1. The van der Waals surface area contributed by atoms with E-state index in [0.717, 1.165) is 40.7 Å². The Morgan fingerprint density at radius 3 is 2.47 bits per heavy atom. The van der Waals surface area contributed by atoms with E-state index in [9.17, 15) is 18.0 Å². The van der Waals surface area contributed by atoms with Gasteiger partial charge in [-0.1, -0.05) is 24.3 Å². The smallest absolute Gasteiger partial charge is 0.334 e. The molecule has 1 aromatic heterocycles. The second-order valence-corrected chi connectivity index (χ2v) is 8.56. The van der Waals surface area contributed by atoms with Crippen LogP contribution in [0.1, 0.15) is 33.7 Å². The van der Waals surface area contributed by atoms with Crippen molar-refractivity contribution in [2.24, 2.45) is 4.99 Å². The highest BCUT2D eigenvalue weighted by molar-refractivity contribution is 5.95. The second-order valence-electron chi connectivity index (χ2n) is 8.56. The van der Waals surface area contributed by atoms with Crippen LogP contribution in [0.25, 0.3) is 16.6 Å². The van der Waals surface area contributed by atoms with Gasteiger partial charge in [0.05, 0.1) is 23.1 Å². The number of imidazole rings is 1. The van der Waals surface area contributed by atoms with Gasteiger partial charge in [0.15, 0.2) is 5.82 Å². The third-order valence-electron chi connectivity index (χ3n) is 6.29. The summed E-state index contributed by atoms with van der Waals surface area (Å²) in [6.07, 6.45) is 0.485. The molecule has 0 spiro atoms. The fourth-order valence-corrected chi connectivity index (χ4v) is 4.35. The zero-order chi connectivity index (χ0) is 23.7. The number of hydrogen-bond donors (Lipinski definition) is 1. The van der Waals surface area contributed by atoms with Gasteiger partial charge < -0.3 is 9.88 Å². The number of carbonyl (C=O) groups excluding carboxylic acids is 1. The van der Waals surface area contributed by atoms with Crippen LogP contribution < -0.4 is 0 Å². The Morgan fingerprint density at radius 2 is 1.79 bits per heavy atom. The molecule has 2 aliphatic rings. The number of aromatic amines is 1. The van der Waals surface area contributed by atoms with Gasteiger partial charge >= 0.3 is 6.18 Å². The van der Waals surface area contributed by atoms with E-state index in [1.54, 1.807) is 4.90 Å². The van der Waals surface area contributed by atoms with Crippen molar-refractivity contribution in [1.82, 2.24) is 19.8 Å². The van der Waals surface area contributed by atoms with E-state index in [0.29, 0.717) is 45.1 Å². The van der Waals surface area contributed by atoms with Crippen molar-refractivity contribution in [1.29, 1.82) is 0 Å². The van der Waals surface area contributed by atoms with Crippen LogP contribution in [0.15, 0.2) is 53.5 Å². The van der Waals surface area contributed by atoms with Crippen molar-refractivity contribution in [3.05, 3.63) is 71.1 Å². The van der Waals surface area contributed by atoms with Crippen LogP contribution in [0, 0.1) is 0 Å². The number of rotatable bonds is 4. The number of halogens is 3. The maximum absolute atomic E-state index is 13.0. The first-order chi connectivity index (χ1) is 16.4. The lowest BCUT2D eigenvalue weighted by molar-refractivity contribution is -0.137. The van der Waals surface area contributed by atoms with Crippen molar-refractivity contribution >= 4 is 28.7 Å². The fraction of sp³-hybridized carbons (Fsp3) is 0.320. The molecule has 0 bridgehead atoms. The van der Waals surface area contributed by atoms with E-state index in [1.165, 1.54) is 17.7 Å². The molecular formula is C25H24F3N5O. The maximum atomic E-state index is 13.0. The lowest BCUT2D eigenvalue weighted by atomic mass is 10.0. The summed E-state index contributed by atoms with van der Waals surface area (Å²) in [5, 5.41) is 0. The number of alkyl halides is 3. The van der Waals surface area contributed by atoms with Crippen LogP contribution in [0.4, 0.5) is 13.2 Å². The van der Waals surface area contributed by atoms with Crippen LogP contribution in [0.2, 0.25) is 0 Å². The summed E-state index contributed by atoms with van der Waals surface area (Å²) < 4.78 is 38.2. The van der Waals surface area contributed by atoms with E-state index in [1.807, 2.05) is 24.4 Å². The summed E-state index contributed by atoms with van der Waals surface area (Å²) in [6, 6.07) is 11.2. The lowest BCUT2D eigenvalue weighted by Crippen LogP contribution is -2.48. The summed E-state index contributed by atoms with van der Waals surface area (Å²) >= 11 is 0. The zero-order valence-corrected chi connectivity index (χ0v) is 18.5. The van der Waals surface area contributed by atoms with Gasteiger partial charge in [0.1, 0.15) is 0 Å². The fourth-order valence-electron chi connectivity index (χ4n) is 4.35. The minimum absolute atomic E-state index is 0.143. The SMILES string of the molecule is O=C(c1nc2ccc(C3=CCN=CC3)cc2[nH]1)N1CCN(Cc2ccc(C(F)(F)F)cc2)CC1. The minimum Gasteiger partial charge on any atom is -0.334 e. The average molecular weight is 467 g/mol. The lowest BCUT2D eigenvalue weighted by Gasteiger charge is -2.34. The summed E-state index contributed by atoms with van der Waals surface area (Å²) in [7, 11) is 0. The van der Waals surface area contributed by atoms with Gasteiger partial charge in [-0.15, -0.1) is 0 Å². The number of aliphatic imine (C=N–C) groups is 1. The highest BCUT2D eigenvalue weighted by Crippen LogP contribution is 2.29. The number of benzene rings is 2. The Labute approximate surface area is 194 Å². The third-order valence-corrected chi connectivity index (χ3v) is 6.29. The summed E-state index contributed by atoms with van der Waals surface area (Å²) in [5.41, 5.74) is 4.05. The van der Waals surface area contributed by atoms with Crippen molar-refractivity contribution < 1.29 is 18.0 Å². The predicted octanol–water partition coefficient (Wildman–Crippen LogP) is 4.40. The van der Waals surface area contributed by atoms with Gasteiger partial charge in [-0.25, -0.2) is 4.98 Å². The van der Waals surface area contributed by atoms with Gasteiger partial charge in [0, 0.05) is 45.4 Å². The van der Waals surface area contributed by atoms with Crippen LogP contribution in [-0.2, 0) is 12.7 Å². The van der Waals surface area contributed by atoms with E-state index >= 15 is 0 Å². The minimum atomic E-state index is -4.33. The molecule has 1 saturated heterocycles. The van der Waals surface area contributed by atoms with Crippen molar-refractivity contribution in [3.8, 4) is 0 Å². The summed E-state index contributed by atoms with van der Waals surface area (Å²) in [5.74, 6) is 0.179. The first-order valence-corrected chi connectivity index (χ1v) is 11.2. The van der Waals surface area contributed by atoms with E-state index in [-0.39, 0.29) is 5.91 Å². The van der Waals surface area contributed by atoms with Gasteiger partial charge in [0.2, 0.25) is 0 Å². The molecule has 0 atom stereocenters. The summed E-state index contributed by atoms with van der Waals surface area (Å²) in [4.78, 5) is 28.8. The number of allylic oxidation sites excluding steroid dienone is 1. The molecule has 5 rings (SSSR count). The van der Waals surface area contributed by atoms with Crippen LogP contribution >= 0.6 is 0 Å². The first kappa shape index (κ1) is 22.3. The number of hydrogen-bond acceptors (Lipinski definition) is 4. The average Bonchev–Trinajstić information content (AvgIpc) is 3.28. The molecule has 3 heterocycles. The first-order valence-electron chi connectivity index (χ1n) is 11.2. The van der Waals surface area contributed by atoms with E-state index in [4.69, 9.17) is 0 Å². The quantitative estimate of drug-likeness (QED) is 0.619. The van der Waals surface area contributed by atoms with Crippen molar-refractivity contribution in [3.63, 3.8) is 0 Å². The van der Waals surface area contributed by atoms with Crippen LogP contribution in [0.5, 0.6) is 0 Å². The van der Waals surface area contributed by atoms with Crippen LogP contribution in [0.3, 0.4) is 0 Å². The predicted molar refractivity (Wildman–Crippen MR) is 125 cm³/mol. The molecule has 6 nitrogen and oxygen atoms in total. The molecule has 1 amide bonds. The van der Waals surface area contributed by atoms with Crippen molar-refractivity contribution in [2.75, 3.05) is 32.7 Å². The number of H-pyrrole nitrogens is 1. The Balaban J connectivity index is 1.20. The number of aromatic nitrogens is 2. The number of piperazine rings is 1. The normalized spacial score (nSPS) is 17.3. The number of nitrogens with zero attached hydrogens (tertiary/aromatic N) is 4. The Bertz CT molecular complexity index is 1250. The highest BCUT2D eigenvalue weighted by Gasteiger charge is 2.30. The monoisotopic (exact) mass is 467 g/mol. The number of amides is 1. The van der Waals surface area contributed by atoms with Gasteiger partial charge in [-0.05, 0) is 41.0 Å². The molecular weight excluding hydrogens is 443 g/mol. The molecule has 0 aliphatic carbocycles. The number of carbonyl (C=O) groups is 1. The topological polar surface area (TPSA) is 64.6 Å². The largest absolute Gasteiger partial charge is 0.416 e. The standard InChI is InChI=1S/C25H24F3N5O/c26-25(27,28)20-4-1-17(2-5-20)16-32-11-13-33(14-12-32)24(34)23-30-21-6-3-19(15-22(21)31-23)18-7-9-29-10-8-18/h1-7,10,15H,8-9,11-14,16H2,(H,30,31). The third kappa shape index (κ3) is 4.75. The molecule has 9 heteroatoms. The molecule has 2 aliphatic heterocycles. The molecule has 0 saturated carbocycles. The molecule has 0 radical (unpaired) electrons. The van der Waals surface area contributed by atoms with Crippen LogP contribution in [-0.4, -0.2) is 64.6 Å². The molecule has 3 aromatic rings. The molecule has 1 N–H and O–H groups in total. The summed E-state index contributed by atoms with van der Waals surface area (Å²) in [6.45, 7) is 3.60. The molecule has 2 aromatic carbocycles. The highest BCUT2D eigenvalue weighted by atomic mass is 19.4. The van der Waals surface area contributed by atoms with Crippen molar-refractivity contribution in [2.45, 2.75) is 19.1 Å². The van der Waals surface area contributed by atoms with Gasteiger partial charge in [-0.3, -0.25) is 14.7 Å². The van der Waals surface area contributed by atoms with Gasteiger partial charge in [0.25, 0.3) is 5.91 Å². The number of fused-ring (bicyclic) bond motifs is 1. The van der Waals surface area contributed by atoms with E-state index < -0.39 is 11.7 Å². The second kappa shape index (κ2) is 9.06. The van der Waals surface area contributed by atoms with E-state index in [2.05, 4.69) is 25.9 Å². The Hall–Kier alpha value is -3.46. The molecule has 1 fully saturated rings. The maximum Gasteiger partial charge on any atom is 0.416 e.